The standard InChI is InChI=1S/C20H20N2OS2/c1-3-13-5-7-14(8-6-13)18(23)22-19-17(11-21)15-9-4-12(2)10-16(15)20(24)25-19/h5-8,12H,3-4,9-10H2,1-2H3,(H,22,23). The molecule has 2 aromatic rings. The van der Waals surface area contributed by atoms with Gasteiger partial charge < -0.3 is 5.32 Å². The number of benzene rings is 1. The van der Waals surface area contributed by atoms with Crippen LogP contribution in [0.2, 0.25) is 0 Å². The Kier molecular flexibility index (Phi) is 5.31. The highest BCUT2D eigenvalue weighted by Crippen LogP contribution is 2.36. The molecule has 1 amide bonds. The number of rotatable bonds is 3. The zero-order valence-electron chi connectivity index (χ0n) is 14.4. The molecule has 1 heterocycles. The van der Waals surface area contributed by atoms with Crippen LogP contribution in [0, 0.1) is 21.1 Å². The monoisotopic (exact) mass is 368 g/mol. The average molecular weight is 369 g/mol. The third-order valence-electron chi connectivity index (χ3n) is 4.74. The Balaban J connectivity index is 1.94. The van der Waals surface area contributed by atoms with Crippen molar-refractivity contribution in [3.63, 3.8) is 0 Å². The Bertz CT molecular complexity index is 907. The van der Waals surface area contributed by atoms with Gasteiger partial charge in [0.2, 0.25) is 0 Å². The van der Waals surface area contributed by atoms with Crippen molar-refractivity contribution in [2.45, 2.75) is 39.5 Å². The lowest BCUT2D eigenvalue weighted by Crippen LogP contribution is -2.16. The van der Waals surface area contributed by atoms with Gasteiger partial charge in [-0.25, -0.2) is 0 Å². The number of nitrogens with zero attached hydrogens (tertiary/aromatic N) is 1. The second-order valence-corrected chi connectivity index (χ2v) is 8.20. The fourth-order valence-corrected chi connectivity index (χ4v) is 4.60. The summed E-state index contributed by atoms with van der Waals surface area (Å²) in [5, 5.41) is 13.1. The van der Waals surface area contributed by atoms with E-state index < -0.39 is 0 Å². The second-order valence-electron chi connectivity index (χ2n) is 6.52. The molecular formula is C20H20N2OS2. The zero-order chi connectivity index (χ0) is 18.0. The van der Waals surface area contributed by atoms with Gasteiger partial charge in [-0.3, -0.25) is 4.79 Å². The summed E-state index contributed by atoms with van der Waals surface area (Å²) in [6.45, 7) is 4.29. The fraction of sp³-hybridized carbons (Fsp3) is 0.350. The first-order chi connectivity index (χ1) is 12.0. The van der Waals surface area contributed by atoms with Gasteiger partial charge >= 0.3 is 0 Å². The van der Waals surface area contributed by atoms with E-state index in [4.69, 9.17) is 12.2 Å². The van der Waals surface area contributed by atoms with E-state index in [0.29, 0.717) is 22.0 Å². The number of fused-ring (bicyclic) bond motifs is 1. The van der Waals surface area contributed by atoms with Gasteiger partial charge in [0.05, 0.1) is 9.39 Å². The third-order valence-corrected chi connectivity index (χ3v) is 6.18. The lowest BCUT2D eigenvalue weighted by atomic mass is 9.85. The molecule has 0 spiro atoms. The normalized spacial score (nSPS) is 16.0. The Hall–Kier alpha value is -2.03. The van der Waals surface area contributed by atoms with E-state index in [9.17, 15) is 10.1 Å². The Morgan fingerprint density at radius 3 is 2.72 bits per heavy atom. The van der Waals surface area contributed by atoms with Crippen molar-refractivity contribution in [1.82, 2.24) is 0 Å². The quantitative estimate of drug-likeness (QED) is 0.749. The number of carbonyl (C=O) groups is 1. The van der Waals surface area contributed by atoms with Gasteiger partial charge in [0.25, 0.3) is 5.91 Å². The van der Waals surface area contributed by atoms with Crippen LogP contribution in [0.4, 0.5) is 5.00 Å². The molecule has 5 heteroatoms. The summed E-state index contributed by atoms with van der Waals surface area (Å²) in [6.07, 6.45) is 3.76. The van der Waals surface area contributed by atoms with Gasteiger partial charge in [0, 0.05) is 5.56 Å². The number of nitrogens with one attached hydrogen (secondary N) is 1. The first-order valence-electron chi connectivity index (χ1n) is 8.52. The van der Waals surface area contributed by atoms with Crippen molar-refractivity contribution in [3.05, 3.63) is 55.9 Å². The van der Waals surface area contributed by atoms with Crippen LogP contribution in [-0.2, 0) is 19.3 Å². The highest BCUT2D eigenvalue weighted by atomic mass is 32.1. The van der Waals surface area contributed by atoms with Crippen molar-refractivity contribution >= 4 is 34.5 Å². The fourth-order valence-electron chi connectivity index (χ4n) is 3.21. The molecule has 1 atom stereocenters. The Morgan fingerprint density at radius 1 is 1.36 bits per heavy atom. The highest BCUT2D eigenvalue weighted by molar-refractivity contribution is 7.73. The molecule has 0 radical (unpaired) electrons. The molecule has 128 valence electrons. The lowest BCUT2D eigenvalue weighted by molar-refractivity contribution is 0.102. The lowest BCUT2D eigenvalue weighted by Gasteiger charge is -2.23. The number of hydrogen-bond donors (Lipinski definition) is 1. The van der Waals surface area contributed by atoms with Crippen LogP contribution in [-0.4, -0.2) is 5.91 Å². The van der Waals surface area contributed by atoms with Crippen LogP contribution in [0.5, 0.6) is 0 Å². The first kappa shape index (κ1) is 17.8. The number of hydrogen-bond acceptors (Lipinski definition) is 4. The summed E-state index contributed by atoms with van der Waals surface area (Å²) in [5.74, 6) is 0.388. The van der Waals surface area contributed by atoms with Crippen LogP contribution >= 0.6 is 23.6 Å². The van der Waals surface area contributed by atoms with Crippen molar-refractivity contribution in [2.24, 2.45) is 5.92 Å². The highest BCUT2D eigenvalue weighted by Gasteiger charge is 2.23. The molecule has 1 aromatic carbocycles. The molecule has 0 saturated heterocycles. The summed E-state index contributed by atoms with van der Waals surface area (Å²) in [6, 6.07) is 9.84. The number of amides is 1. The minimum absolute atomic E-state index is 0.200. The van der Waals surface area contributed by atoms with Crippen molar-refractivity contribution < 1.29 is 4.79 Å². The van der Waals surface area contributed by atoms with E-state index in [-0.39, 0.29) is 5.91 Å². The van der Waals surface area contributed by atoms with E-state index in [1.54, 1.807) is 0 Å². The summed E-state index contributed by atoms with van der Waals surface area (Å²) in [5.41, 5.74) is 4.51. The molecule has 1 aromatic heterocycles. The minimum Gasteiger partial charge on any atom is -0.312 e. The molecule has 0 aliphatic heterocycles. The van der Waals surface area contributed by atoms with E-state index in [1.807, 2.05) is 24.3 Å². The van der Waals surface area contributed by atoms with Crippen LogP contribution in [0.15, 0.2) is 24.3 Å². The topological polar surface area (TPSA) is 52.9 Å². The minimum atomic E-state index is -0.200. The summed E-state index contributed by atoms with van der Waals surface area (Å²) in [7, 11) is 0. The van der Waals surface area contributed by atoms with E-state index in [2.05, 4.69) is 25.2 Å². The van der Waals surface area contributed by atoms with Gasteiger partial charge in [0.15, 0.2) is 0 Å². The summed E-state index contributed by atoms with van der Waals surface area (Å²) < 4.78 is 0.789. The summed E-state index contributed by atoms with van der Waals surface area (Å²) in [4.78, 5) is 12.6. The molecule has 1 N–H and O–H groups in total. The van der Waals surface area contributed by atoms with Gasteiger partial charge in [0.1, 0.15) is 11.1 Å². The number of carbonyl (C=O) groups excluding carboxylic acids is 1. The van der Waals surface area contributed by atoms with Crippen molar-refractivity contribution in [2.75, 3.05) is 5.32 Å². The van der Waals surface area contributed by atoms with Crippen LogP contribution in [0.1, 0.15) is 52.9 Å². The Morgan fingerprint density at radius 2 is 2.08 bits per heavy atom. The smallest absolute Gasteiger partial charge is 0.256 e. The maximum atomic E-state index is 12.6. The van der Waals surface area contributed by atoms with Gasteiger partial charge in [-0.1, -0.05) is 38.2 Å². The number of aryl methyl sites for hydroxylation is 1. The zero-order valence-corrected chi connectivity index (χ0v) is 16.0. The van der Waals surface area contributed by atoms with E-state index in [0.717, 1.165) is 40.6 Å². The molecule has 0 saturated carbocycles. The molecule has 1 aliphatic carbocycles. The van der Waals surface area contributed by atoms with Crippen molar-refractivity contribution in [3.8, 4) is 6.07 Å². The van der Waals surface area contributed by atoms with Crippen LogP contribution in [0.25, 0.3) is 0 Å². The van der Waals surface area contributed by atoms with Crippen molar-refractivity contribution in [1.29, 1.82) is 5.26 Å². The number of nitriles is 1. The maximum Gasteiger partial charge on any atom is 0.256 e. The van der Waals surface area contributed by atoms with Gasteiger partial charge in [-0.15, -0.1) is 11.3 Å². The molecule has 0 bridgehead atoms. The predicted molar refractivity (Wildman–Crippen MR) is 105 cm³/mol. The predicted octanol–water partition coefficient (Wildman–Crippen LogP) is 5.29. The SMILES string of the molecule is CCc1ccc(C(=O)Nc2sc(=S)c3c(c2C#N)CCC(C)C3)cc1. The van der Waals surface area contributed by atoms with Gasteiger partial charge in [-0.2, -0.15) is 5.26 Å². The molecule has 3 nitrogen and oxygen atoms in total. The molecule has 1 aliphatic rings. The number of anilines is 1. The van der Waals surface area contributed by atoms with Crippen LogP contribution in [0.3, 0.4) is 0 Å². The molecule has 1 unspecified atom stereocenters. The average Bonchev–Trinajstić information content (AvgIpc) is 2.62. The Labute approximate surface area is 157 Å². The summed E-state index contributed by atoms with van der Waals surface area (Å²) >= 11 is 6.88. The molecule has 25 heavy (non-hydrogen) atoms. The first-order valence-corrected chi connectivity index (χ1v) is 9.75. The molecular weight excluding hydrogens is 348 g/mol. The second kappa shape index (κ2) is 7.47. The molecule has 0 fully saturated rings. The maximum absolute atomic E-state index is 12.6. The van der Waals surface area contributed by atoms with Gasteiger partial charge in [-0.05, 0) is 60.4 Å². The van der Waals surface area contributed by atoms with E-state index in [1.165, 1.54) is 16.9 Å². The van der Waals surface area contributed by atoms with Crippen LogP contribution < -0.4 is 5.32 Å². The third kappa shape index (κ3) is 3.65. The van der Waals surface area contributed by atoms with E-state index >= 15 is 0 Å². The molecule has 3 rings (SSSR count). The largest absolute Gasteiger partial charge is 0.312 e.